The number of methoxy groups -OCH3 is 1. The number of likely N-dealkylation sites (N-methyl/N-ethyl adjacent to an activating group) is 1. The second kappa shape index (κ2) is 25.6. The van der Waals surface area contributed by atoms with Crippen LogP contribution in [0, 0.1) is 0 Å². The van der Waals surface area contributed by atoms with Gasteiger partial charge in [0.1, 0.15) is 0 Å². The van der Waals surface area contributed by atoms with Gasteiger partial charge in [0, 0.05) is 47.9 Å². The lowest BCUT2D eigenvalue weighted by atomic mass is 10.1. The minimum Gasteiger partial charge on any atom is -0.380 e. The number of likely N-dealkylation sites (tertiary alicyclic amines) is 1. The summed E-state index contributed by atoms with van der Waals surface area (Å²) < 4.78 is 5.12. The molecule has 0 N–H and O–H groups in total. The molecule has 1 aromatic heterocycles. The van der Waals surface area contributed by atoms with Crippen LogP contribution in [0.25, 0.3) is 0 Å². The molecule has 133 valence electrons. The van der Waals surface area contributed by atoms with Crippen molar-refractivity contribution in [2.24, 2.45) is 0 Å². The SMILES string of the molecule is CC.CC.CC.COC1CCC(=O)N(C)C1.[B].c1ccncc1. The summed E-state index contributed by atoms with van der Waals surface area (Å²) in [6.07, 6.45) is 5.26. The molecule has 1 aromatic rings. The molecular weight excluding hydrogens is 287 g/mol. The third kappa shape index (κ3) is 18.6. The van der Waals surface area contributed by atoms with Crippen LogP contribution >= 0.6 is 0 Å². The van der Waals surface area contributed by atoms with E-state index >= 15 is 0 Å². The molecule has 2 heterocycles. The fourth-order valence-corrected chi connectivity index (χ4v) is 1.48. The van der Waals surface area contributed by atoms with Crippen molar-refractivity contribution in [2.45, 2.75) is 60.5 Å². The summed E-state index contributed by atoms with van der Waals surface area (Å²) in [5.41, 5.74) is 0. The first-order valence-corrected chi connectivity index (χ1v) is 8.35. The van der Waals surface area contributed by atoms with Gasteiger partial charge in [-0.15, -0.1) is 0 Å². The molecule has 0 spiro atoms. The van der Waals surface area contributed by atoms with Gasteiger partial charge in [-0.25, -0.2) is 0 Å². The minimum atomic E-state index is 0. The summed E-state index contributed by atoms with van der Waals surface area (Å²) >= 11 is 0. The first-order chi connectivity index (χ1) is 10.7. The number of carbonyl (C=O) groups excluding carboxylic acids is 1. The van der Waals surface area contributed by atoms with Crippen molar-refractivity contribution in [3.8, 4) is 0 Å². The van der Waals surface area contributed by atoms with Gasteiger partial charge in [0.05, 0.1) is 6.10 Å². The summed E-state index contributed by atoms with van der Waals surface area (Å²) in [6.45, 7) is 12.7. The Morgan fingerprint density at radius 1 is 1.04 bits per heavy atom. The van der Waals surface area contributed by atoms with E-state index in [-0.39, 0.29) is 20.4 Å². The molecule has 1 saturated heterocycles. The number of ether oxygens (including phenoxy) is 1. The van der Waals surface area contributed by atoms with E-state index in [1.807, 2.05) is 66.8 Å². The highest BCUT2D eigenvalue weighted by molar-refractivity contribution is 5.76. The molecule has 1 amide bonds. The van der Waals surface area contributed by atoms with Crippen molar-refractivity contribution in [1.29, 1.82) is 0 Å². The van der Waals surface area contributed by atoms with Crippen LogP contribution in [0.2, 0.25) is 0 Å². The molecule has 1 fully saturated rings. The quantitative estimate of drug-likeness (QED) is 0.733. The molecule has 0 aromatic carbocycles. The van der Waals surface area contributed by atoms with Gasteiger partial charge in [0.2, 0.25) is 5.91 Å². The zero-order valence-electron chi connectivity index (χ0n) is 16.4. The maximum Gasteiger partial charge on any atom is 0.222 e. The highest BCUT2D eigenvalue weighted by Crippen LogP contribution is 2.11. The summed E-state index contributed by atoms with van der Waals surface area (Å²) in [7, 11) is 3.50. The van der Waals surface area contributed by atoms with Crippen molar-refractivity contribution >= 4 is 14.3 Å². The van der Waals surface area contributed by atoms with E-state index in [1.54, 1.807) is 24.4 Å². The van der Waals surface area contributed by atoms with Crippen molar-refractivity contribution in [1.82, 2.24) is 9.88 Å². The Morgan fingerprint density at radius 3 is 1.78 bits per heavy atom. The second-order valence-electron chi connectivity index (χ2n) is 3.70. The van der Waals surface area contributed by atoms with E-state index < -0.39 is 0 Å². The molecule has 3 radical (unpaired) electrons. The molecule has 0 aliphatic carbocycles. The lowest BCUT2D eigenvalue weighted by Crippen LogP contribution is -2.40. The smallest absolute Gasteiger partial charge is 0.222 e. The van der Waals surface area contributed by atoms with Crippen LogP contribution in [-0.4, -0.2) is 51.0 Å². The van der Waals surface area contributed by atoms with Gasteiger partial charge in [-0.1, -0.05) is 47.6 Å². The van der Waals surface area contributed by atoms with Gasteiger partial charge in [-0.2, -0.15) is 0 Å². The molecule has 2 rings (SSSR count). The first kappa shape index (κ1) is 29.6. The Morgan fingerprint density at radius 2 is 1.52 bits per heavy atom. The normalized spacial score (nSPS) is 14.7. The number of hydrogen-bond donors (Lipinski definition) is 0. The number of piperidine rings is 1. The number of aromatic nitrogens is 1. The van der Waals surface area contributed by atoms with Crippen LogP contribution in [-0.2, 0) is 9.53 Å². The molecule has 1 aliphatic rings. The summed E-state index contributed by atoms with van der Waals surface area (Å²) in [5, 5.41) is 0. The standard InChI is InChI=1S/C7H13NO2.C5H5N.3C2H6.B/c1-8-5-6(10-2)3-4-7(8)9;1-2-4-6-5-3-1;3*1-2;/h6H,3-5H2,1-2H3;1-5H;3*1-2H3;. The largest absolute Gasteiger partial charge is 0.380 e. The zero-order chi connectivity index (χ0) is 17.8. The molecule has 1 unspecified atom stereocenters. The lowest BCUT2D eigenvalue weighted by Gasteiger charge is -2.28. The van der Waals surface area contributed by atoms with E-state index in [0.29, 0.717) is 6.42 Å². The van der Waals surface area contributed by atoms with Crippen molar-refractivity contribution < 1.29 is 9.53 Å². The van der Waals surface area contributed by atoms with Crippen molar-refractivity contribution in [3.05, 3.63) is 30.6 Å². The van der Waals surface area contributed by atoms with Crippen LogP contribution in [0.5, 0.6) is 0 Å². The fourth-order valence-electron chi connectivity index (χ4n) is 1.48. The van der Waals surface area contributed by atoms with Crippen LogP contribution < -0.4 is 0 Å². The summed E-state index contributed by atoms with van der Waals surface area (Å²) in [6, 6.07) is 5.72. The van der Waals surface area contributed by atoms with E-state index in [4.69, 9.17) is 4.74 Å². The molecule has 5 heteroatoms. The minimum absolute atomic E-state index is 0. The van der Waals surface area contributed by atoms with E-state index in [1.165, 1.54) is 0 Å². The Bertz CT molecular complexity index is 284. The van der Waals surface area contributed by atoms with Gasteiger partial charge in [-0.05, 0) is 18.6 Å². The van der Waals surface area contributed by atoms with Gasteiger partial charge < -0.3 is 9.64 Å². The third-order valence-corrected chi connectivity index (χ3v) is 2.48. The lowest BCUT2D eigenvalue weighted by molar-refractivity contribution is -0.135. The molecule has 4 nitrogen and oxygen atoms in total. The molecule has 0 bridgehead atoms. The number of carbonyl (C=O) groups is 1. The summed E-state index contributed by atoms with van der Waals surface area (Å²) in [4.78, 5) is 16.4. The molecule has 0 saturated carbocycles. The predicted octanol–water partition coefficient (Wildman–Crippen LogP) is 4.03. The Labute approximate surface area is 146 Å². The molecule has 23 heavy (non-hydrogen) atoms. The number of amides is 1. The highest BCUT2D eigenvalue weighted by Gasteiger charge is 2.21. The average Bonchev–Trinajstić information content (AvgIpc) is 2.64. The van der Waals surface area contributed by atoms with Gasteiger partial charge in [-0.3, -0.25) is 9.78 Å². The highest BCUT2D eigenvalue weighted by atomic mass is 16.5. The van der Waals surface area contributed by atoms with Crippen molar-refractivity contribution in [2.75, 3.05) is 20.7 Å². The van der Waals surface area contributed by atoms with Crippen LogP contribution in [0.15, 0.2) is 30.6 Å². The van der Waals surface area contributed by atoms with Crippen LogP contribution in [0.4, 0.5) is 0 Å². The topological polar surface area (TPSA) is 42.4 Å². The number of rotatable bonds is 1. The maximum atomic E-state index is 10.9. The predicted molar refractivity (Wildman–Crippen MR) is 102 cm³/mol. The Balaban J connectivity index is -0.000000120. The Kier molecular flexibility index (Phi) is 33.0. The monoisotopic (exact) mass is 323 g/mol. The first-order valence-electron chi connectivity index (χ1n) is 8.35. The van der Waals surface area contributed by atoms with E-state index in [9.17, 15) is 4.79 Å². The van der Waals surface area contributed by atoms with Crippen molar-refractivity contribution in [3.63, 3.8) is 0 Å². The zero-order valence-corrected chi connectivity index (χ0v) is 16.4. The summed E-state index contributed by atoms with van der Waals surface area (Å²) in [5.74, 6) is 0.230. The second-order valence-corrected chi connectivity index (χ2v) is 3.70. The molecular formula is C18H36BN2O2. The van der Waals surface area contributed by atoms with Crippen LogP contribution in [0.3, 0.4) is 0 Å². The average molecular weight is 323 g/mol. The number of pyridine rings is 1. The van der Waals surface area contributed by atoms with Gasteiger partial charge in [0.25, 0.3) is 0 Å². The number of hydrogen-bond acceptors (Lipinski definition) is 3. The van der Waals surface area contributed by atoms with E-state index in [2.05, 4.69) is 4.98 Å². The third-order valence-electron chi connectivity index (χ3n) is 2.48. The number of nitrogens with zero attached hydrogens (tertiary/aromatic N) is 2. The molecule has 1 aliphatic heterocycles. The maximum absolute atomic E-state index is 10.9. The fraction of sp³-hybridized carbons (Fsp3) is 0.667. The van der Waals surface area contributed by atoms with E-state index in [0.717, 1.165) is 13.0 Å². The Hall–Kier alpha value is -1.36. The van der Waals surface area contributed by atoms with Gasteiger partial charge >= 0.3 is 0 Å². The van der Waals surface area contributed by atoms with Gasteiger partial charge in [0.15, 0.2) is 0 Å². The molecule has 1 atom stereocenters. The van der Waals surface area contributed by atoms with Crippen LogP contribution in [0.1, 0.15) is 54.4 Å².